The molecule has 1 fully saturated rings. The van der Waals surface area contributed by atoms with Gasteiger partial charge in [-0.25, -0.2) is 9.59 Å². The molecule has 0 aromatic carbocycles. The number of carbonyl (C=O) groups excluding carboxylic acids is 1. The van der Waals surface area contributed by atoms with Gasteiger partial charge < -0.3 is 10.2 Å². The van der Waals surface area contributed by atoms with Gasteiger partial charge in [0.05, 0.1) is 11.9 Å². The topological polar surface area (TPSA) is 76.3 Å². The van der Waals surface area contributed by atoms with Crippen LogP contribution in [0.1, 0.15) is 17.4 Å². The summed E-state index contributed by atoms with van der Waals surface area (Å²) in [5.74, 6) is 0. The van der Waals surface area contributed by atoms with E-state index in [2.05, 4.69) is 5.32 Å². The SMILES string of the molecule is CCn1c(=O)c2c(C)c(CN3CCNC3=O)sc2n(CC(F)(F)F)c1=O. The highest BCUT2D eigenvalue weighted by Crippen LogP contribution is 2.30. The van der Waals surface area contributed by atoms with Crippen LogP contribution in [0.25, 0.3) is 10.2 Å². The van der Waals surface area contributed by atoms with Gasteiger partial charge in [-0.15, -0.1) is 11.3 Å². The maximum absolute atomic E-state index is 13.0. The molecule has 142 valence electrons. The maximum Gasteiger partial charge on any atom is 0.406 e. The fraction of sp³-hybridized carbons (Fsp3) is 0.533. The van der Waals surface area contributed by atoms with E-state index < -0.39 is 24.0 Å². The van der Waals surface area contributed by atoms with E-state index in [1.165, 1.54) is 11.8 Å². The van der Waals surface area contributed by atoms with Crippen molar-refractivity contribution in [2.24, 2.45) is 0 Å². The number of aromatic nitrogens is 2. The third kappa shape index (κ3) is 3.11. The maximum atomic E-state index is 13.0. The van der Waals surface area contributed by atoms with E-state index in [1.54, 1.807) is 6.92 Å². The molecule has 3 rings (SSSR count). The number of nitrogens with one attached hydrogen (secondary N) is 1. The highest BCUT2D eigenvalue weighted by atomic mass is 32.1. The molecule has 1 saturated heterocycles. The van der Waals surface area contributed by atoms with Gasteiger partial charge in [0, 0.05) is 24.5 Å². The van der Waals surface area contributed by atoms with E-state index in [-0.39, 0.29) is 29.3 Å². The average molecular weight is 390 g/mol. The highest BCUT2D eigenvalue weighted by Gasteiger charge is 2.32. The van der Waals surface area contributed by atoms with Gasteiger partial charge in [-0.1, -0.05) is 0 Å². The lowest BCUT2D eigenvalue weighted by Crippen LogP contribution is -2.41. The Morgan fingerprint density at radius 1 is 1.19 bits per heavy atom. The van der Waals surface area contributed by atoms with E-state index in [0.29, 0.717) is 28.1 Å². The number of urea groups is 1. The first-order valence-electron chi connectivity index (χ1n) is 7.99. The van der Waals surface area contributed by atoms with Crippen molar-refractivity contribution in [1.82, 2.24) is 19.4 Å². The summed E-state index contributed by atoms with van der Waals surface area (Å²) in [4.78, 5) is 38.8. The van der Waals surface area contributed by atoms with Crippen LogP contribution in [0.2, 0.25) is 0 Å². The van der Waals surface area contributed by atoms with Gasteiger partial charge in [-0.2, -0.15) is 13.2 Å². The first-order valence-corrected chi connectivity index (χ1v) is 8.80. The van der Waals surface area contributed by atoms with Crippen molar-refractivity contribution in [3.05, 3.63) is 31.3 Å². The molecule has 0 bridgehead atoms. The number of aryl methyl sites for hydroxylation is 1. The van der Waals surface area contributed by atoms with Gasteiger partial charge in [-0.05, 0) is 19.4 Å². The predicted molar refractivity (Wildman–Crippen MR) is 90.6 cm³/mol. The molecule has 0 spiro atoms. The van der Waals surface area contributed by atoms with Crippen molar-refractivity contribution >= 4 is 27.6 Å². The second-order valence-corrected chi connectivity index (χ2v) is 7.10. The Morgan fingerprint density at radius 3 is 2.42 bits per heavy atom. The molecule has 0 aliphatic carbocycles. The molecule has 1 aliphatic heterocycles. The molecular formula is C15H17F3N4O3S. The molecule has 1 N–H and O–H groups in total. The Labute approximate surface area is 149 Å². The Bertz CT molecular complexity index is 989. The summed E-state index contributed by atoms with van der Waals surface area (Å²) in [5.41, 5.74) is -1.07. The van der Waals surface area contributed by atoms with Crippen molar-refractivity contribution in [3.63, 3.8) is 0 Å². The molecule has 0 saturated carbocycles. The number of alkyl halides is 3. The molecule has 2 aromatic heterocycles. The lowest BCUT2D eigenvalue weighted by Gasteiger charge is -2.13. The Morgan fingerprint density at radius 2 is 1.88 bits per heavy atom. The summed E-state index contributed by atoms with van der Waals surface area (Å²) < 4.78 is 40.3. The molecule has 2 aromatic rings. The van der Waals surface area contributed by atoms with Gasteiger partial charge >= 0.3 is 17.9 Å². The lowest BCUT2D eigenvalue weighted by atomic mass is 10.2. The third-order valence-electron chi connectivity index (χ3n) is 4.33. The fourth-order valence-corrected chi connectivity index (χ4v) is 4.33. The van der Waals surface area contributed by atoms with E-state index in [0.717, 1.165) is 15.9 Å². The largest absolute Gasteiger partial charge is 0.406 e. The minimum Gasteiger partial charge on any atom is -0.336 e. The van der Waals surface area contributed by atoms with Crippen LogP contribution in [0.3, 0.4) is 0 Å². The van der Waals surface area contributed by atoms with Crippen LogP contribution >= 0.6 is 11.3 Å². The van der Waals surface area contributed by atoms with Gasteiger partial charge in [0.25, 0.3) is 5.56 Å². The Hall–Kier alpha value is -2.30. The quantitative estimate of drug-likeness (QED) is 0.862. The molecule has 11 heteroatoms. The molecule has 26 heavy (non-hydrogen) atoms. The number of halogens is 3. The van der Waals surface area contributed by atoms with Gasteiger partial charge in [0.15, 0.2) is 0 Å². The number of carbonyl (C=O) groups is 1. The second-order valence-electron chi connectivity index (χ2n) is 6.02. The van der Waals surface area contributed by atoms with Crippen molar-refractivity contribution in [2.45, 2.75) is 39.7 Å². The fourth-order valence-electron chi connectivity index (χ4n) is 3.02. The van der Waals surface area contributed by atoms with Crippen molar-refractivity contribution < 1.29 is 18.0 Å². The number of fused-ring (bicyclic) bond motifs is 1. The summed E-state index contributed by atoms with van der Waals surface area (Å²) in [6.45, 7) is 2.82. The number of thiophene rings is 1. The van der Waals surface area contributed by atoms with Crippen LogP contribution in [0.4, 0.5) is 18.0 Å². The Kier molecular flexibility index (Phi) is 4.59. The van der Waals surface area contributed by atoms with Gasteiger partial charge in [0.2, 0.25) is 0 Å². The van der Waals surface area contributed by atoms with E-state index in [4.69, 9.17) is 0 Å². The van der Waals surface area contributed by atoms with Crippen LogP contribution in [0.5, 0.6) is 0 Å². The smallest absolute Gasteiger partial charge is 0.336 e. The van der Waals surface area contributed by atoms with Crippen molar-refractivity contribution in [2.75, 3.05) is 13.1 Å². The van der Waals surface area contributed by atoms with Crippen molar-refractivity contribution in [1.29, 1.82) is 0 Å². The molecule has 3 heterocycles. The van der Waals surface area contributed by atoms with Crippen molar-refractivity contribution in [3.8, 4) is 0 Å². The summed E-state index contributed by atoms with van der Waals surface area (Å²) in [7, 11) is 0. The van der Waals surface area contributed by atoms with Crippen LogP contribution in [0, 0.1) is 6.92 Å². The molecule has 0 radical (unpaired) electrons. The Balaban J connectivity index is 2.22. The van der Waals surface area contributed by atoms with Crippen LogP contribution in [-0.2, 0) is 19.6 Å². The normalized spacial score (nSPS) is 15.1. The number of hydrogen-bond donors (Lipinski definition) is 1. The first-order chi connectivity index (χ1) is 12.1. The summed E-state index contributed by atoms with van der Waals surface area (Å²) in [6, 6.07) is -0.263. The minimum atomic E-state index is -4.60. The standard InChI is InChI=1S/C15H17F3N4O3S/c1-3-21-11(23)10-8(2)9(6-20-5-4-19-13(20)24)26-12(10)22(14(21)25)7-15(16,17)18/h3-7H2,1-2H3,(H,19,24). The zero-order valence-electron chi connectivity index (χ0n) is 14.1. The lowest BCUT2D eigenvalue weighted by molar-refractivity contribution is -0.140. The van der Waals surface area contributed by atoms with Crippen LogP contribution < -0.4 is 16.6 Å². The van der Waals surface area contributed by atoms with Crippen LogP contribution in [-0.4, -0.2) is 39.3 Å². The monoisotopic (exact) mass is 390 g/mol. The molecule has 1 aliphatic rings. The summed E-state index contributed by atoms with van der Waals surface area (Å²) in [5, 5.41) is 2.75. The predicted octanol–water partition coefficient (Wildman–Crippen LogP) is 1.64. The average Bonchev–Trinajstić information content (AvgIpc) is 3.08. The number of hydrogen-bond acceptors (Lipinski definition) is 4. The van der Waals surface area contributed by atoms with Gasteiger partial charge in [-0.3, -0.25) is 13.9 Å². The van der Waals surface area contributed by atoms with E-state index in [9.17, 15) is 27.6 Å². The van der Waals surface area contributed by atoms with E-state index >= 15 is 0 Å². The van der Waals surface area contributed by atoms with Gasteiger partial charge in [0.1, 0.15) is 11.4 Å². The van der Waals surface area contributed by atoms with Crippen LogP contribution in [0.15, 0.2) is 9.59 Å². The molecule has 7 nitrogen and oxygen atoms in total. The number of nitrogens with zero attached hydrogens (tertiary/aromatic N) is 3. The zero-order chi connectivity index (χ0) is 19.2. The number of rotatable bonds is 4. The molecule has 2 amide bonds. The first kappa shape index (κ1) is 18.5. The minimum absolute atomic E-state index is 0.00544. The summed E-state index contributed by atoms with van der Waals surface area (Å²) >= 11 is 0.956. The zero-order valence-corrected chi connectivity index (χ0v) is 15.0. The highest BCUT2D eigenvalue weighted by molar-refractivity contribution is 7.18. The third-order valence-corrected chi connectivity index (χ3v) is 5.63. The molecule has 0 atom stereocenters. The molecular weight excluding hydrogens is 373 g/mol. The summed E-state index contributed by atoms with van der Waals surface area (Å²) in [6.07, 6.45) is -4.60. The number of amides is 2. The molecule has 0 unspecified atom stereocenters. The van der Waals surface area contributed by atoms with E-state index in [1.807, 2.05) is 0 Å². The second kappa shape index (κ2) is 6.45.